The molecule has 3 aromatic carbocycles. The van der Waals surface area contributed by atoms with Crippen molar-refractivity contribution in [1.82, 2.24) is 0 Å². The van der Waals surface area contributed by atoms with E-state index in [1.54, 1.807) is 43.3 Å². The van der Waals surface area contributed by atoms with Gasteiger partial charge in [0.2, 0.25) is 0 Å². The maximum Gasteiger partial charge on any atom is 0.264 e. The van der Waals surface area contributed by atoms with Crippen LogP contribution in [0.3, 0.4) is 0 Å². The number of sulfonamides is 1. The lowest BCUT2D eigenvalue weighted by molar-refractivity contribution is 0.102. The zero-order chi connectivity index (χ0) is 22.3. The quantitative estimate of drug-likeness (QED) is 0.585. The molecule has 3 aromatic rings. The maximum atomic E-state index is 13.2. The van der Waals surface area contributed by atoms with Gasteiger partial charge in [-0.2, -0.15) is 0 Å². The number of hydrogen-bond acceptors (Lipinski definition) is 3. The number of nitrogens with zero attached hydrogens (tertiary/aromatic N) is 1. The Hall–Kier alpha value is -2.90. The van der Waals surface area contributed by atoms with Crippen LogP contribution >= 0.6 is 11.6 Å². The van der Waals surface area contributed by atoms with Crippen molar-refractivity contribution in [3.8, 4) is 0 Å². The van der Waals surface area contributed by atoms with E-state index in [1.165, 1.54) is 16.4 Å². The minimum atomic E-state index is -3.86. The number of carbonyl (C=O) groups excluding carboxylic acids is 1. The Labute approximate surface area is 185 Å². The van der Waals surface area contributed by atoms with Crippen LogP contribution in [0.5, 0.6) is 0 Å². The van der Waals surface area contributed by atoms with Gasteiger partial charge < -0.3 is 5.32 Å². The number of anilines is 2. The van der Waals surface area contributed by atoms with Crippen LogP contribution in [-0.2, 0) is 16.4 Å². The third-order valence-corrected chi connectivity index (χ3v) is 7.48. The number of amides is 1. The average Bonchev–Trinajstić information content (AvgIpc) is 3.06. The van der Waals surface area contributed by atoms with Crippen LogP contribution in [0.25, 0.3) is 0 Å². The first kappa shape index (κ1) is 21.3. The van der Waals surface area contributed by atoms with Crippen molar-refractivity contribution >= 4 is 38.9 Å². The van der Waals surface area contributed by atoms with E-state index >= 15 is 0 Å². The lowest BCUT2D eigenvalue weighted by Gasteiger charge is -2.24. The highest BCUT2D eigenvalue weighted by atomic mass is 35.5. The Balaban J connectivity index is 1.63. The molecule has 160 valence electrons. The van der Waals surface area contributed by atoms with E-state index < -0.39 is 15.8 Å². The number of carbonyl (C=O) groups is 1. The minimum Gasteiger partial charge on any atom is -0.322 e. The van der Waals surface area contributed by atoms with Crippen molar-refractivity contribution < 1.29 is 17.6 Å². The fourth-order valence-electron chi connectivity index (χ4n) is 3.79. The Kier molecular flexibility index (Phi) is 5.49. The molecule has 0 unspecified atom stereocenters. The number of fused-ring (bicyclic) bond motifs is 1. The Morgan fingerprint density at radius 2 is 1.81 bits per heavy atom. The Morgan fingerprint density at radius 1 is 1.10 bits per heavy atom. The normalized spacial score (nSPS) is 15.6. The third kappa shape index (κ3) is 4.03. The molecule has 5 nitrogen and oxygen atoms in total. The molecule has 31 heavy (non-hydrogen) atoms. The van der Waals surface area contributed by atoms with Crippen LogP contribution in [0.2, 0.25) is 5.02 Å². The first-order valence-electron chi connectivity index (χ1n) is 9.67. The molecule has 0 saturated heterocycles. The summed E-state index contributed by atoms with van der Waals surface area (Å²) in [4.78, 5) is 12.8. The first-order chi connectivity index (χ1) is 14.7. The summed E-state index contributed by atoms with van der Waals surface area (Å²) in [6, 6.07) is 14.6. The number of benzene rings is 3. The molecule has 0 fully saturated rings. The number of hydrogen-bond donors (Lipinski definition) is 1. The third-order valence-electron chi connectivity index (χ3n) is 5.30. The zero-order valence-corrected chi connectivity index (χ0v) is 18.5. The van der Waals surface area contributed by atoms with E-state index in [4.69, 9.17) is 11.6 Å². The second kappa shape index (κ2) is 7.98. The highest BCUT2D eigenvalue weighted by molar-refractivity contribution is 7.92. The van der Waals surface area contributed by atoms with Gasteiger partial charge in [0.25, 0.3) is 15.9 Å². The molecule has 0 spiro atoms. The van der Waals surface area contributed by atoms with Crippen molar-refractivity contribution in [2.24, 2.45) is 0 Å². The summed E-state index contributed by atoms with van der Waals surface area (Å²) in [6.07, 6.45) is 0.469. The van der Waals surface area contributed by atoms with Gasteiger partial charge in [0.05, 0.1) is 10.6 Å². The zero-order valence-electron chi connectivity index (χ0n) is 16.9. The molecule has 0 radical (unpaired) electrons. The van der Waals surface area contributed by atoms with Crippen molar-refractivity contribution in [3.05, 3.63) is 88.2 Å². The molecule has 1 N–H and O–H groups in total. The highest BCUT2D eigenvalue weighted by Crippen LogP contribution is 2.37. The van der Waals surface area contributed by atoms with Gasteiger partial charge in [0.1, 0.15) is 5.82 Å². The van der Waals surface area contributed by atoms with Gasteiger partial charge in [0, 0.05) is 22.3 Å². The van der Waals surface area contributed by atoms with E-state index in [0.29, 0.717) is 28.4 Å². The van der Waals surface area contributed by atoms with E-state index in [-0.39, 0.29) is 16.8 Å². The molecule has 0 bridgehead atoms. The number of aryl methyl sites for hydroxylation is 1. The molecule has 8 heteroatoms. The first-order valence-corrected chi connectivity index (χ1v) is 11.5. The highest BCUT2D eigenvalue weighted by Gasteiger charge is 2.36. The van der Waals surface area contributed by atoms with Crippen LogP contribution in [0.4, 0.5) is 15.8 Å². The second-order valence-electron chi connectivity index (χ2n) is 7.56. The van der Waals surface area contributed by atoms with Crippen molar-refractivity contribution in [2.45, 2.75) is 31.2 Å². The summed E-state index contributed by atoms with van der Waals surface area (Å²) in [5.41, 5.74) is 3.21. The van der Waals surface area contributed by atoms with E-state index in [9.17, 15) is 17.6 Å². The molecule has 1 heterocycles. The van der Waals surface area contributed by atoms with Crippen LogP contribution < -0.4 is 9.62 Å². The predicted octanol–water partition coefficient (Wildman–Crippen LogP) is 5.18. The van der Waals surface area contributed by atoms with E-state index in [0.717, 1.165) is 23.3 Å². The summed E-state index contributed by atoms with van der Waals surface area (Å²) < 4.78 is 40.9. The molecule has 0 saturated carbocycles. The van der Waals surface area contributed by atoms with Crippen LogP contribution in [0.15, 0.2) is 65.6 Å². The standard InChI is InChI=1S/C23H20ClFN2O3S/c1-14-11-18(24)4-9-21(14)26-23(28)16-3-10-22-17(13-16)12-15(2)27(22)31(29,30)20-7-5-19(25)6-8-20/h3-11,13,15H,12H2,1-2H3,(H,26,28)/t15-/m1/s1. The van der Waals surface area contributed by atoms with Crippen molar-refractivity contribution in [1.29, 1.82) is 0 Å². The number of rotatable bonds is 4. The average molecular weight is 459 g/mol. The monoisotopic (exact) mass is 458 g/mol. The van der Waals surface area contributed by atoms with Gasteiger partial charge in [-0.1, -0.05) is 11.6 Å². The van der Waals surface area contributed by atoms with Gasteiger partial charge in [-0.3, -0.25) is 9.10 Å². The number of nitrogens with one attached hydrogen (secondary N) is 1. The molecule has 1 aliphatic rings. The van der Waals surface area contributed by atoms with Gasteiger partial charge in [-0.05, 0) is 92.1 Å². The second-order valence-corrected chi connectivity index (χ2v) is 9.82. The Bertz CT molecular complexity index is 1280. The fraction of sp³-hybridized carbons (Fsp3) is 0.174. The van der Waals surface area contributed by atoms with Crippen LogP contribution in [0.1, 0.15) is 28.4 Å². The predicted molar refractivity (Wildman–Crippen MR) is 120 cm³/mol. The maximum absolute atomic E-state index is 13.2. The molecular formula is C23H20ClFN2O3S. The SMILES string of the molecule is Cc1cc(Cl)ccc1NC(=O)c1ccc2c(c1)C[C@@H](C)N2S(=O)(=O)c1ccc(F)cc1. The van der Waals surface area contributed by atoms with Gasteiger partial charge >= 0.3 is 0 Å². The van der Waals surface area contributed by atoms with E-state index in [2.05, 4.69) is 5.32 Å². The van der Waals surface area contributed by atoms with Crippen LogP contribution in [0, 0.1) is 12.7 Å². The summed E-state index contributed by atoms with van der Waals surface area (Å²) in [6.45, 7) is 3.65. The number of halogens is 2. The van der Waals surface area contributed by atoms with Gasteiger partial charge in [0.15, 0.2) is 0 Å². The molecule has 1 aliphatic heterocycles. The molecule has 4 rings (SSSR count). The minimum absolute atomic E-state index is 0.0219. The van der Waals surface area contributed by atoms with Crippen LogP contribution in [-0.4, -0.2) is 20.4 Å². The largest absolute Gasteiger partial charge is 0.322 e. The summed E-state index contributed by atoms with van der Waals surface area (Å²) in [5.74, 6) is -0.791. The Morgan fingerprint density at radius 3 is 2.48 bits per heavy atom. The van der Waals surface area contributed by atoms with Gasteiger partial charge in [-0.25, -0.2) is 12.8 Å². The lowest BCUT2D eigenvalue weighted by Crippen LogP contribution is -2.35. The van der Waals surface area contributed by atoms with Gasteiger partial charge in [-0.15, -0.1) is 0 Å². The smallest absolute Gasteiger partial charge is 0.264 e. The fourth-order valence-corrected chi connectivity index (χ4v) is 5.71. The topological polar surface area (TPSA) is 66.5 Å². The summed E-state index contributed by atoms with van der Waals surface area (Å²) >= 11 is 5.97. The molecule has 1 amide bonds. The van der Waals surface area contributed by atoms with E-state index in [1.807, 2.05) is 6.92 Å². The molecule has 0 aromatic heterocycles. The van der Waals surface area contributed by atoms with Crippen molar-refractivity contribution in [2.75, 3.05) is 9.62 Å². The lowest BCUT2D eigenvalue weighted by atomic mass is 10.1. The van der Waals surface area contributed by atoms with Crippen molar-refractivity contribution in [3.63, 3.8) is 0 Å². The summed E-state index contributed by atoms with van der Waals surface area (Å²) in [7, 11) is -3.86. The summed E-state index contributed by atoms with van der Waals surface area (Å²) in [5, 5.41) is 3.45. The molecule has 1 atom stereocenters. The molecule has 0 aliphatic carbocycles. The molecular weight excluding hydrogens is 439 g/mol.